The van der Waals surface area contributed by atoms with E-state index in [2.05, 4.69) is 16.4 Å². The fourth-order valence-electron chi connectivity index (χ4n) is 2.69. The van der Waals surface area contributed by atoms with Gasteiger partial charge in [0.05, 0.1) is 11.3 Å². The molecule has 1 aromatic carbocycles. The average Bonchev–Trinajstić information content (AvgIpc) is 3.10. The van der Waals surface area contributed by atoms with Crippen molar-refractivity contribution in [3.63, 3.8) is 0 Å². The molecule has 3 rings (SSSR count). The molecule has 1 fully saturated rings. The molecule has 6 nitrogen and oxygen atoms in total. The van der Waals surface area contributed by atoms with Crippen LogP contribution >= 0.6 is 0 Å². The first-order chi connectivity index (χ1) is 11.8. The van der Waals surface area contributed by atoms with Gasteiger partial charge in [0.25, 0.3) is 5.91 Å². The van der Waals surface area contributed by atoms with E-state index in [-0.39, 0.29) is 18.6 Å². The average molecular weight is 322 g/mol. The molecule has 122 valence electrons. The minimum absolute atomic E-state index is 0.0293. The SMILES string of the molecule is N#Cc1cnccc1NC1CCN(C(=O)COc2ccccc2)C1. The number of nitrogens with zero attached hydrogens (tertiary/aromatic N) is 3. The number of carbonyl (C=O) groups excluding carboxylic acids is 1. The first-order valence-electron chi connectivity index (χ1n) is 7.82. The van der Waals surface area contributed by atoms with Crippen LogP contribution in [0.5, 0.6) is 5.75 Å². The van der Waals surface area contributed by atoms with Gasteiger partial charge in [0.1, 0.15) is 11.8 Å². The first-order valence-corrected chi connectivity index (χ1v) is 7.82. The maximum Gasteiger partial charge on any atom is 0.260 e. The normalized spacial score (nSPS) is 16.5. The zero-order chi connectivity index (χ0) is 16.8. The minimum Gasteiger partial charge on any atom is -0.484 e. The van der Waals surface area contributed by atoms with Crippen molar-refractivity contribution in [3.8, 4) is 11.8 Å². The topological polar surface area (TPSA) is 78.3 Å². The van der Waals surface area contributed by atoms with Crippen molar-refractivity contribution >= 4 is 11.6 Å². The molecule has 1 saturated heterocycles. The highest BCUT2D eigenvalue weighted by Crippen LogP contribution is 2.19. The summed E-state index contributed by atoms with van der Waals surface area (Å²) < 4.78 is 5.51. The molecule has 2 heterocycles. The summed E-state index contributed by atoms with van der Waals surface area (Å²) in [4.78, 5) is 18.0. The highest BCUT2D eigenvalue weighted by Gasteiger charge is 2.26. The number of hydrogen-bond donors (Lipinski definition) is 1. The van der Waals surface area contributed by atoms with Gasteiger partial charge in [-0.1, -0.05) is 18.2 Å². The van der Waals surface area contributed by atoms with Crippen LogP contribution in [0.15, 0.2) is 48.8 Å². The van der Waals surface area contributed by atoms with Crippen molar-refractivity contribution in [2.45, 2.75) is 12.5 Å². The van der Waals surface area contributed by atoms with Crippen LogP contribution in [0.25, 0.3) is 0 Å². The third-order valence-electron chi connectivity index (χ3n) is 3.95. The molecule has 0 spiro atoms. The Balaban J connectivity index is 1.51. The number of amides is 1. The second-order valence-corrected chi connectivity index (χ2v) is 5.60. The zero-order valence-corrected chi connectivity index (χ0v) is 13.2. The fraction of sp³-hybridized carbons (Fsp3) is 0.278. The Hall–Kier alpha value is -3.07. The van der Waals surface area contributed by atoms with E-state index < -0.39 is 0 Å². The summed E-state index contributed by atoms with van der Waals surface area (Å²) in [6.07, 6.45) is 4.02. The van der Waals surface area contributed by atoms with Crippen molar-refractivity contribution in [1.82, 2.24) is 9.88 Å². The van der Waals surface area contributed by atoms with Crippen LogP contribution in [-0.4, -0.2) is 41.5 Å². The predicted molar refractivity (Wildman–Crippen MR) is 89.5 cm³/mol. The third kappa shape index (κ3) is 3.82. The Labute approximate surface area is 140 Å². The van der Waals surface area contributed by atoms with E-state index >= 15 is 0 Å². The maximum absolute atomic E-state index is 12.3. The van der Waals surface area contributed by atoms with E-state index in [1.807, 2.05) is 30.3 Å². The monoisotopic (exact) mass is 322 g/mol. The van der Waals surface area contributed by atoms with E-state index in [1.165, 1.54) is 6.20 Å². The minimum atomic E-state index is -0.0293. The number of benzene rings is 1. The van der Waals surface area contributed by atoms with E-state index in [4.69, 9.17) is 10.00 Å². The molecule has 1 aliphatic rings. The van der Waals surface area contributed by atoms with Crippen LogP contribution in [0.4, 0.5) is 5.69 Å². The van der Waals surface area contributed by atoms with Gasteiger partial charge in [-0.25, -0.2) is 0 Å². The first kappa shape index (κ1) is 15.8. The van der Waals surface area contributed by atoms with Crippen molar-refractivity contribution in [3.05, 3.63) is 54.4 Å². The van der Waals surface area contributed by atoms with Crippen LogP contribution in [0, 0.1) is 11.3 Å². The summed E-state index contributed by atoms with van der Waals surface area (Å²) in [6.45, 7) is 1.32. The van der Waals surface area contributed by atoms with Gasteiger partial charge in [-0.05, 0) is 24.6 Å². The van der Waals surface area contributed by atoms with Crippen molar-refractivity contribution in [2.24, 2.45) is 0 Å². The molecule has 0 aliphatic carbocycles. The van der Waals surface area contributed by atoms with Crippen LogP contribution in [0.1, 0.15) is 12.0 Å². The molecule has 1 unspecified atom stereocenters. The van der Waals surface area contributed by atoms with E-state index in [1.54, 1.807) is 17.2 Å². The van der Waals surface area contributed by atoms with Gasteiger partial charge in [-0.15, -0.1) is 0 Å². The largest absolute Gasteiger partial charge is 0.484 e. The Morgan fingerprint density at radius 1 is 1.38 bits per heavy atom. The molecule has 1 N–H and O–H groups in total. The molecule has 0 bridgehead atoms. The molecular formula is C18H18N4O2. The van der Waals surface area contributed by atoms with E-state index in [0.29, 0.717) is 24.4 Å². The lowest BCUT2D eigenvalue weighted by molar-refractivity contribution is -0.132. The van der Waals surface area contributed by atoms with E-state index in [0.717, 1.165) is 12.1 Å². The van der Waals surface area contributed by atoms with Crippen molar-refractivity contribution in [1.29, 1.82) is 5.26 Å². The Morgan fingerprint density at radius 3 is 3.00 bits per heavy atom. The smallest absolute Gasteiger partial charge is 0.260 e. The zero-order valence-electron chi connectivity index (χ0n) is 13.2. The van der Waals surface area contributed by atoms with Crippen molar-refractivity contribution in [2.75, 3.05) is 25.0 Å². The predicted octanol–water partition coefficient (Wildman–Crippen LogP) is 2.05. The summed E-state index contributed by atoms with van der Waals surface area (Å²) in [6, 6.07) is 13.3. The number of rotatable bonds is 5. The molecule has 1 atom stereocenters. The number of anilines is 1. The fourth-order valence-corrected chi connectivity index (χ4v) is 2.69. The second-order valence-electron chi connectivity index (χ2n) is 5.60. The Bertz CT molecular complexity index is 742. The molecule has 1 aliphatic heterocycles. The van der Waals surface area contributed by atoms with Crippen LogP contribution < -0.4 is 10.1 Å². The number of para-hydroxylation sites is 1. The highest BCUT2D eigenvalue weighted by molar-refractivity contribution is 5.78. The number of ether oxygens (including phenoxy) is 1. The molecule has 6 heteroatoms. The highest BCUT2D eigenvalue weighted by atomic mass is 16.5. The maximum atomic E-state index is 12.3. The Morgan fingerprint density at radius 2 is 2.21 bits per heavy atom. The van der Waals surface area contributed by atoms with Gasteiger partial charge >= 0.3 is 0 Å². The molecule has 0 saturated carbocycles. The van der Waals surface area contributed by atoms with Gasteiger partial charge in [0.2, 0.25) is 0 Å². The summed E-state index contributed by atoms with van der Waals surface area (Å²) in [5.41, 5.74) is 1.27. The summed E-state index contributed by atoms with van der Waals surface area (Å²) in [7, 11) is 0. The summed E-state index contributed by atoms with van der Waals surface area (Å²) in [5, 5.41) is 12.4. The summed E-state index contributed by atoms with van der Waals surface area (Å²) >= 11 is 0. The standard InChI is InChI=1S/C18H18N4O2/c19-10-14-11-20-8-6-17(14)21-15-7-9-22(12-15)18(23)13-24-16-4-2-1-3-5-16/h1-6,8,11,15H,7,9,12-13H2,(H,20,21). The van der Waals surface area contributed by atoms with Crippen LogP contribution in [0.3, 0.4) is 0 Å². The van der Waals surface area contributed by atoms with E-state index in [9.17, 15) is 4.79 Å². The van der Waals surface area contributed by atoms with Gasteiger partial charge in [-0.2, -0.15) is 5.26 Å². The quantitative estimate of drug-likeness (QED) is 0.911. The number of hydrogen-bond acceptors (Lipinski definition) is 5. The Kier molecular flexibility index (Phi) is 4.92. The van der Waals surface area contributed by atoms with Gasteiger partial charge in [0, 0.05) is 31.5 Å². The van der Waals surface area contributed by atoms with Crippen LogP contribution in [-0.2, 0) is 4.79 Å². The molecule has 24 heavy (non-hydrogen) atoms. The number of carbonyl (C=O) groups is 1. The molecular weight excluding hydrogens is 304 g/mol. The molecule has 1 amide bonds. The van der Waals surface area contributed by atoms with Gasteiger partial charge in [-0.3, -0.25) is 9.78 Å². The number of nitriles is 1. The third-order valence-corrected chi connectivity index (χ3v) is 3.95. The van der Waals surface area contributed by atoms with Crippen molar-refractivity contribution < 1.29 is 9.53 Å². The number of nitrogens with one attached hydrogen (secondary N) is 1. The number of likely N-dealkylation sites (tertiary alicyclic amines) is 1. The lowest BCUT2D eigenvalue weighted by Gasteiger charge is -2.18. The summed E-state index contributed by atoms with van der Waals surface area (Å²) in [5.74, 6) is 0.661. The molecule has 0 radical (unpaired) electrons. The number of aromatic nitrogens is 1. The van der Waals surface area contributed by atoms with Gasteiger partial charge in [0.15, 0.2) is 6.61 Å². The lowest BCUT2D eigenvalue weighted by atomic mass is 10.2. The number of pyridine rings is 1. The lowest BCUT2D eigenvalue weighted by Crippen LogP contribution is -2.35. The molecule has 2 aromatic rings. The van der Waals surface area contributed by atoms with Crippen LogP contribution in [0.2, 0.25) is 0 Å². The van der Waals surface area contributed by atoms with Gasteiger partial charge < -0.3 is 15.0 Å². The second kappa shape index (κ2) is 7.47. The molecule has 1 aromatic heterocycles.